The fourth-order valence-corrected chi connectivity index (χ4v) is 2.31. The van der Waals surface area contributed by atoms with Crippen molar-refractivity contribution in [3.8, 4) is 0 Å². The van der Waals surface area contributed by atoms with Gasteiger partial charge in [-0.2, -0.15) is 0 Å². The van der Waals surface area contributed by atoms with E-state index in [4.69, 9.17) is 11.6 Å². The lowest BCUT2D eigenvalue weighted by Gasteiger charge is -2.26. The summed E-state index contributed by atoms with van der Waals surface area (Å²) in [5.41, 5.74) is -1.08. The number of amides is 1. The quantitative estimate of drug-likeness (QED) is 0.764. The summed E-state index contributed by atoms with van der Waals surface area (Å²) in [4.78, 5) is 19.3. The molecule has 3 N–H and O–H groups in total. The van der Waals surface area contributed by atoms with Gasteiger partial charge in [-0.25, -0.2) is 4.98 Å². The highest BCUT2D eigenvalue weighted by Gasteiger charge is 2.35. The molecular formula is C15H18ClN3O2. The number of aromatic amines is 1. The highest BCUT2D eigenvalue weighted by atomic mass is 35.5. The van der Waals surface area contributed by atoms with Crippen LogP contribution in [0.2, 0.25) is 5.02 Å². The van der Waals surface area contributed by atoms with E-state index in [0.717, 1.165) is 5.82 Å². The first-order valence-corrected chi connectivity index (χ1v) is 7.19. The van der Waals surface area contributed by atoms with Gasteiger partial charge in [0.05, 0.1) is 0 Å². The first-order valence-electron chi connectivity index (χ1n) is 6.81. The average molecular weight is 308 g/mol. The topological polar surface area (TPSA) is 78.0 Å². The van der Waals surface area contributed by atoms with E-state index in [2.05, 4.69) is 15.3 Å². The van der Waals surface area contributed by atoms with E-state index in [1.807, 2.05) is 0 Å². The maximum atomic E-state index is 12.3. The van der Waals surface area contributed by atoms with E-state index < -0.39 is 11.5 Å². The number of aromatic nitrogens is 2. The minimum atomic E-state index is -1.58. The Morgan fingerprint density at radius 1 is 1.52 bits per heavy atom. The van der Waals surface area contributed by atoms with Crippen molar-refractivity contribution in [2.24, 2.45) is 0 Å². The number of carbonyl (C=O) groups excluding carboxylic acids is 1. The highest BCUT2D eigenvalue weighted by molar-refractivity contribution is 6.30. The number of aliphatic hydroxyl groups is 1. The number of carbonyl (C=O) groups is 1. The zero-order chi connectivity index (χ0) is 15.3. The molecule has 1 aromatic carbocycles. The molecule has 0 radical (unpaired) electrons. The van der Waals surface area contributed by atoms with Crippen LogP contribution in [0.5, 0.6) is 0 Å². The molecule has 112 valence electrons. The second kappa shape index (κ2) is 6.74. The van der Waals surface area contributed by atoms with E-state index in [1.165, 1.54) is 0 Å². The van der Waals surface area contributed by atoms with Crippen LogP contribution in [0.1, 0.15) is 24.7 Å². The second-order valence-electron chi connectivity index (χ2n) is 4.77. The lowest BCUT2D eigenvalue weighted by molar-refractivity contribution is -0.141. The number of benzene rings is 1. The van der Waals surface area contributed by atoms with Crippen molar-refractivity contribution in [1.29, 1.82) is 0 Å². The summed E-state index contributed by atoms with van der Waals surface area (Å²) < 4.78 is 0. The van der Waals surface area contributed by atoms with Gasteiger partial charge in [0.25, 0.3) is 5.91 Å². The zero-order valence-electron chi connectivity index (χ0n) is 11.8. The van der Waals surface area contributed by atoms with Gasteiger partial charge in [-0.05, 0) is 24.1 Å². The van der Waals surface area contributed by atoms with E-state index in [9.17, 15) is 9.90 Å². The lowest BCUT2D eigenvalue weighted by atomic mass is 9.90. The van der Waals surface area contributed by atoms with Gasteiger partial charge in [0.1, 0.15) is 5.82 Å². The molecule has 5 nitrogen and oxygen atoms in total. The molecule has 1 aromatic heterocycles. The zero-order valence-corrected chi connectivity index (χ0v) is 12.5. The van der Waals surface area contributed by atoms with Crippen molar-refractivity contribution in [2.45, 2.75) is 25.4 Å². The SMILES string of the molecule is CCC(O)(C(=O)NCCc1ncc[nH]1)c1cccc(Cl)c1. The van der Waals surface area contributed by atoms with Crippen molar-refractivity contribution < 1.29 is 9.90 Å². The first kappa shape index (κ1) is 15.5. The predicted molar refractivity (Wildman–Crippen MR) is 80.9 cm³/mol. The minimum Gasteiger partial charge on any atom is -0.375 e. The number of hydrogen-bond acceptors (Lipinski definition) is 3. The Balaban J connectivity index is 2.03. The number of H-pyrrole nitrogens is 1. The monoisotopic (exact) mass is 307 g/mol. The summed E-state index contributed by atoms with van der Waals surface area (Å²) in [6.45, 7) is 2.15. The Morgan fingerprint density at radius 2 is 2.33 bits per heavy atom. The molecular weight excluding hydrogens is 290 g/mol. The van der Waals surface area contributed by atoms with E-state index >= 15 is 0 Å². The summed E-state index contributed by atoms with van der Waals surface area (Å²) in [7, 11) is 0. The van der Waals surface area contributed by atoms with E-state index in [-0.39, 0.29) is 6.42 Å². The van der Waals surface area contributed by atoms with Crippen LogP contribution in [0.25, 0.3) is 0 Å². The molecule has 6 heteroatoms. The molecule has 0 saturated carbocycles. The van der Waals surface area contributed by atoms with Crippen molar-refractivity contribution in [2.75, 3.05) is 6.54 Å². The van der Waals surface area contributed by atoms with Crippen LogP contribution in [-0.4, -0.2) is 27.5 Å². The van der Waals surface area contributed by atoms with Gasteiger partial charge in [-0.1, -0.05) is 30.7 Å². The molecule has 0 fully saturated rings. The van der Waals surface area contributed by atoms with Crippen molar-refractivity contribution in [3.05, 3.63) is 53.1 Å². The maximum absolute atomic E-state index is 12.3. The van der Waals surface area contributed by atoms with Gasteiger partial charge >= 0.3 is 0 Å². The number of imidazole rings is 1. The number of rotatable bonds is 6. The molecule has 0 aliphatic carbocycles. The third-order valence-electron chi connectivity index (χ3n) is 3.39. The van der Waals surface area contributed by atoms with Gasteiger partial charge in [-0.15, -0.1) is 0 Å². The summed E-state index contributed by atoms with van der Waals surface area (Å²) in [5.74, 6) is 0.358. The summed E-state index contributed by atoms with van der Waals surface area (Å²) in [5, 5.41) is 13.9. The average Bonchev–Trinajstić information content (AvgIpc) is 2.99. The molecule has 1 unspecified atom stereocenters. The van der Waals surface area contributed by atoms with Crippen LogP contribution < -0.4 is 5.32 Å². The standard InChI is InChI=1S/C15H18ClN3O2/c1-2-15(21,11-4-3-5-12(16)10-11)14(20)19-7-6-13-17-8-9-18-13/h3-5,8-10,21H,2,6-7H2,1H3,(H,17,18)(H,19,20). The molecule has 21 heavy (non-hydrogen) atoms. The third-order valence-corrected chi connectivity index (χ3v) is 3.63. The first-order chi connectivity index (χ1) is 10.1. The molecule has 1 heterocycles. The number of halogens is 1. The van der Waals surface area contributed by atoms with Crippen LogP contribution in [0.3, 0.4) is 0 Å². The van der Waals surface area contributed by atoms with Crippen LogP contribution in [0.15, 0.2) is 36.7 Å². The van der Waals surface area contributed by atoms with Gasteiger partial charge in [0, 0.05) is 30.4 Å². The Morgan fingerprint density at radius 3 is 2.95 bits per heavy atom. The molecule has 0 bridgehead atoms. The molecule has 2 aromatic rings. The second-order valence-corrected chi connectivity index (χ2v) is 5.20. The summed E-state index contributed by atoms with van der Waals surface area (Å²) in [6.07, 6.45) is 4.23. The van der Waals surface area contributed by atoms with Gasteiger partial charge in [0.15, 0.2) is 5.60 Å². The molecule has 1 atom stereocenters. The lowest BCUT2D eigenvalue weighted by Crippen LogP contribution is -2.44. The largest absolute Gasteiger partial charge is 0.375 e. The van der Waals surface area contributed by atoms with Gasteiger partial charge in [0.2, 0.25) is 0 Å². The van der Waals surface area contributed by atoms with E-state index in [0.29, 0.717) is 23.6 Å². The van der Waals surface area contributed by atoms with Crippen LogP contribution in [-0.2, 0) is 16.8 Å². The molecule has 2 rings (SSSR count). The Labute approximate surface area is 128 Å². The summed E-state index contributed by atoms with van der Waals surface area (Å²) in [6, 6.07) is 6.73. The molecule has 1 amide bonds. The Bertz CT molecular complexity index is 601. The molecule has 0 aliphatic heterocycles. The van der Waals surface area contributed by atoms with Crippen molar-refractivity contribution in [1.82, 2.24) is 15.3 Å². The smallest absolute Gasteiger partial charge is 0.256 e. The van der Waals surface area contributed by atoms with Crippen LogP contribution in [0, 0.1) is 0 Å². The number of nitrogens with one attached hydrogen (secondary N) is 2. The van der Waals surface area contributed by atoms with Gasteiger partial charge < -0.3 is 15.4 Å². The number of hydrogen-bond donors (Lipinski definition) is 3. The third kappa shape index (κ3) is 3.62. The normalized spacial score (nSPS) is 13.7. The molecule has 0 spiro atoms. The Hall–Kier alpha value is -1.85. The fourth-order valence-electron chi connectivity index (χ4n) is 2.12. The summed E-state index contributed by atoms with van der Waals surface area (Å²) >= 11 is 5.93. The van der Waals surface area contributed by atoms with E-state index in [1.54, 1.807) is 43.6 Å². The Kier molecular flexibility index (Phi) is 4.98. The maximum Gasteiger partial charge on any atom is 0.256 e. The molecule has 0 saturated heterocycles. The predicted octanol–water partition coefficient (Wildman–Crippen LogP) is 2.02. The number of nitrogens with zero attached hydrogens (tertiary/aromatic N) is 1. The van der Waals surface area contributed by atoms with Crippen molar-refractivity contribution >= 4 is 17.5 Å². The van der Waals surface area contributed by atoms with Crippen LogP contribution in [0.4, 0.5) is 0 Å². The van der Waals surface area contributed by atoms with Crippen molar-refractivity contribution in [3.63, 3.8) is 0 Å². The van der Waals surface area contributed by atoms with Crippen LogP contribution >= 0.6 is 11.6 Å². The molecule has 0 aliphatic rings. The minimum absolute atomic E-state index is 0.264. The fraction of sp³-hybridized carbons (Fsp3) is 0.333. The highest BCUT2D eigenvalue weighted by Crippen LogP contribution is 2.27. The van der Waals surface area contributed by atoms with Gasteiger partial charge in [-0.3, -0.25) is 4.79 Å².